The number of rotatable bonds is 4. The summed E-state index contributed by atoms with van der Waals surface area (Å²) in [5.41, 5.74) is 0. The molecular weight excluding hydrogens is 264 g/mol. The number of aryl methyl sites for hydroxylation is 1. The first-order chi connectivity index (χ1) is 10.3. The molecule has 0 spiro atoms. The molecule has 21 heavy (non-hydrogen) atoms. The van der Waals surface area contributed by atoms with Crippen LogP contribution < -0.4 is 0 Å². The summed E-state index contributed by atoms with van der Waals surface area (Å²) in [5, 5.41) is 8.85. The van der Waals surface area contributed by atoms with Gasteiger partial charge in [0.15, 0.2) is 5.82 Å². The molecule has 1 saturated heterocycles. The van der Waals surface area contributed by atoms with Crippen molar-refractivity contribution in [3.05, 3.63) is 11.6 Å². The summed E-state index contributed by atoms with van der Waals surface area (Å²) in [6, 6.07) is 0.161. The van der Waals surface area contributed by atoms with E-state index in [0.717, 1.165) is 56.8 Å². The zero-order chi connectivity index (χ0) is 14.7. The molecule has 1 amide bonds. The molecule has 1 fully saturated rings. The zero-order valence-electron chi connectivity index (χ0n) is 13.1. The zero-order valence-corrected chi connectivity index (χ0v) is 13.1. The molecule has 2 aliphatic heterocycles. The summed E-state index contributed by atoms with van der Waals surface area (Å²) >= 11 is 0. The van der Waals surface area contributed by atoms with Gasteiger partial charge in [-0.05, 0) is 32.1 Å². The van der Waals surface area contributed by atoms with Gasteiger partial charge in [0.1, 0.15) is 5.82 Å². The molecule has 5 nitrogen and oxygen atoms in total. The van der Waals surface area contributed by atoms with Gasteiger partial charge in [-0.3, -0.25) is 4.79 Å². The van der Waals surface area contributed by atoms with Crippen LogP contribution in [-0.2, 0) is 17.8 Å². The molecule has 0 radical (unpaired) electrons. The third kappa shape index (κ3) is 2.97. The molecule has 3 heterocycles. The molecule has 0 aromatic carbocycles. The maximum absolute atomic E-state index is 12.4. The normalized spacial score (nSPS) is 22.1. The molecule has 1 atom stereocenters. The van der Waals surface area contributed by atoms with Crippen molar-refractivity contribution in [2.45, 2.75) is 77.3 Å². The smallest absolute Gasteiger partial charge is 0.223 e. The second kappa shape index (κ2) is 6.58. The van der Waals surface area contributed by atoms with Gasteiger partial charge in [0.2, 0.25) is 5.91 Å². The van der Waals surface area contributed by atoms with Gasteiger partial charge in [0.05, 0.1) is 6.04 Å². The third-order valence-electron chi connectivity index (χ3n) is 4.75. The lowest BCUT2D eigenvalue weighted by Crippen LogP contribution is -2.32. The van der Waals surface area contributed by atoms with Crippen LogP contribution in [0.2, 0.25) is 0 Å². The van der Waals surface area contributed by atoms with Crippen molar-refractivity contribution in [3.63, 3.8) is 0 Å². The van der Waals surface area contributed by atoms with Gasteiger partial charge in [0, 0.05) is 25.9 Å². The molecule has 1 unspecified atom stereocenters. The van der Waals surface area contributed by atoms with Crippen molar-refractivity contribution in [1.82, 2.24) is 19.7 Å². The van der Waals surface area contributed by atoms with Crippen LogP contribution in [0.25, 0.3) is 0 Å². The fourth-order valence-corrected chi connectivity index (χ4v) is 3.56. The van der Waals surface area contributed by atoms with Crippen LogP contribution in [0.1, 0.15) is 76.0 Å². The lowest BCUT2D eigenvalue weighted by atomic mass is 10.2. The van der Waals surface area contributed by atoms with Gasteiger partial charge >= 0.3 is 0 Å². The number of carbonyl (C=O) groups is 1. The Morgan fingerprint density at radius 2 is 2.10 bits per heavy atom. The van der Waals surface area contributed by atoms with Gasteiger partial charge in [-0.2, -0.15) is 0 Å². The Bertz CT molecular complexity index is 496. The molecule has 0 aliphatic carbocycles. The van der Waals surface area contributed by atoms with Gasteiger partial charge in [-0.15, -0.1) is 10.2 Å². The number of nitrogens with zero attached hydrogens (tertiary/aromatic N) is 4. The minimum atomic E-state index is 0.161. The molecule has 5 heteroatoms. The van der Waals surface area contributed by atoms with E-state index >= 15 is 0 Å². The van der Waals surface area contributed by atoms with Crippen LogP contribution in [-0.4, -0.2) is 32.1 Å². The predicted molar refractivity (Wildman–Crippen MR) is 80.8 cm³/mol. The average Bonchev–Trinajstić information content (AvgIpc) is 3.06. The standard InChI is InChI=1S/C16H26N4O/c1-2-3-10-15(21)19-12-7-8-13(19)16-18-17-14-9-5-4-6-11-20(14)16/h13H,2-12H2,1H3. The SMILES string of the molecule is CCCCC(=O)N1CCCC1c1nnc2n1CCCCC2. The van der Waals surface area contributed by atoms with Crippen LogP contribution in [0.3, 0.4) is 0 Å². The van der Waals surface area contributed by atoms with Crippen molar-refractivity contribution < 1.29 is 4.79 Å². The van der Waals surface area contributed by atoms with Crippen LogP contribution in [0.5, 0.6) is 0 Å². The molecule has 0 bridgehead atoms. The van der Waals surface area contributed by atoms with E-state index in [1.807, 2.05) is 0 Å². The monoisotopic (exact) mass is 290 g/mol. The minimum absolute atomic E-state index is 0.161. The highest BCUT2D eigenvalue weighted by Gasteiger charge is 2.33. The maximum Gasteiger partial charge on any atom is 0.223 e. The van der Waals surface area contributed by atoms with Crippen molar-refractivity contribution in [3.8, 4) is 0 Å². The fraction of sp³-hybridized carbons (Fsp3) is 0.812. The van der Waals surface area contributed by atoms with Crippen molar-refractivity contribution in [1.29, 1.82) is 0 Å². The number of hydrogen-bond acceptors (Lipinski definition) is 3. The highest BCUT2D eigenvalue weighted by molar-refractivity contribution is 5.76. The summed E-state index contributed by atoms with van der Waals surface area (Å²) in [5.74, 6) is 2.45. The number of aromatic nitrogens is 3. The topological polar surface area (TPSA) is 51.0 Å². The van der Waals surface area contributed by atoms with E-state index in [2.05, 4.69) is 26.6 Å². The second-order valence-electron chi connectivity index (χ2n) is 6.29. The quantitative estimate of drug-likeness (QED) is 0.856. The number of unbranched alkanes of at least 4 members (excludes halogenated alkanes) is 1. The van der Waals surface area contributed by atoms with Gasteiger partial charge < -0.3 is 9.47 Å². The third-order valence-corrected chi connectivity index (χ3v) is 4.75. The van der Waals surface area contributed by atoms with E-state index in [9.17, 15) is 4.79 Å². The number of hydrogen-bond donors (Lipinski definition) is 0. The highest BCUT2D eigenvalue weighted by atomic mass is 16.2. The number of carbonyl (C=O) groups excluding carboxylic acids is 1. The Morgan fingerprint density at radius 3 is 2.95 bits per heavy atom. The number of likely N-dealkylation sites (tertiary alicyclic amines) is 1. The highest BCUT2D eigenvalue weighted by Crippen LogP contribution is 2.32. The molecule has 1 aromatic rings. The first kappa shape index (κ1) is 14.5. The Kier molecular flexibility index (Phi) is 4.56. The first-order valence-electron chi connectivity index (χ1n) is 8.52. The van der Waals surface area contributed by atoms with Gasteiger partial charge in [0.25, 0.3) is 0 Å². The average molecular weight is 290 g/mol. The Balaban J connectivity index is 1.79. The summed E-state index contributed by atoms with van der Waals surface area (Å²) in [6.07, 6.45) is 9.58. The maximum atomic E-state index is 12.4. The van der Waals surface area contributed by atoms with Crippen LogP contribution in [0.4, 0.5) is 0 Å². The summed E-state index contributed by atoms with van der Waals surface area (Å²) in [7, 11) is 0. The number of fused-ring (bicyclic) bond motifs is 1. The molecule has 2 aliphatic rings. The Morgan fingerprint density at radius 1 is 1.19 bits per heavy atom. The van der Waals surface area contributed by atoms with Gasteiger partial charge in [-0.1, -0.05) is 19.8 Å². The second-order valence-corrected chi connectivity index (χ2v) is 6.29. The lowest BCUT2D eigenvalue weighted by Gasteiger charge is -2.24. The summed E-state index contributed by atoms with van der Waals surface area (Å²) in [6.45, 7) is 4.04. The van der Waals surface area contributed by atoms with E-state index in [-0.39, 0.29) is 6.04 Å². The predicted octanol–water partition coefficient (Wildman–Crippen LogP) is 2.86. The van der Waals surface area contributed by atoms with E-state index in [0.29, 0.717) is 12.3 Å². The molecule has 116 valence electrons. The van der Waals surface area contributed by atoms with E-state index < -0.39 is 0 Å². The Hall–Kier alpha value is -1.39. The molecule has 0 saturated carbocycles. The molecular formula is C16H26N4O. The van der Waals surface area contributed by atoms with E-state index in [1.165, 1.54) is 19.3 Å². The summed E-state index contributed by atoms with van der Waals surface area (Å²) in [4.78, 5) is 14.5. The largest absolute Gasteiger partial charge is 0.332 e. The van der Waals surface area contributed by atoms with Crippen molar-refractivity contribution in [2.75, 3.05) is 6.54 Å². The van der Waals surface area contributed by atoms with Crippen molar-refractivity contribution >= 4 is 5.91 Å². The summed E-state index contributed by atoms with van der Waals surface area (Å²) < 4.78 is 2.29. The van der Waals surface area contributed by atoms with E-state index in [1.54, 1.807) is 0 Å². The van der Waals surface area contributed by atoms with Crippen LogP contribution in [0.15, 0.2) is 0 Å². The first-order valence-corrected chi connectivity index (χ1v) is 8.52. The molecule has 0 N–H and O–H groups in total. The fourth-order valence-electron chi connectivity index (χ4n) is 3.56. The Labute approximate surface area is 126 Å². The van der Waals surface area contributed by atoms with Crippen molar-refractivity contribution in [2.24, 2.45) is 0 Å². The number of amides is 1. The minimum Gasteiger partial charge on any atom is -0.332 e. The van der Waals surface area contributed by atoms with E-state index in [4.69, 9.17) is 0 Å². The van der Waals surface area contributed by atoms with Gasteiger partial charge in [-0.25, -0.2) is 0 Å². The van der Waals surface area contributed by atoms with Crippen LogP contribution in [0, 0.1) is 0 Å². The lowest BCUT2D eigenvalue weighted by molar-refractivity contribution is -0.132. The van der Waals surface area contributed by atoms with Crippen LogP contribution >= 0.6 is 0 Å². The molecule has 1 aromatic heterocycles. The molecule has 3 rings (SSSR count).